The monoisotopic (exact) mass is 366 g/mol. The first kappa shape index (κ1) is 18.2. The molecule has 1 N–H and O–H groups in total. The number of para-hydroxylation sites is 1. The number of hydrogen-bond donors (Lipinski definition) is 1. The Hall–Kier alpha value is -2.60. The van der Waals surface area contributed by atoms with Crippen molar-refractivity contribution in [2.75, 3.05) is 11.5 Å². The molecule has 2 aromatic heterocycles. The Morgan fingerprint density at radius 2 is 1.92 bits per heavy atom. The Morgan fingerprint density at radius 1 is 1.15 bits per heavy atom. The third kappa shape index (κ3) is 4.73. The van der Waals surface area contributed by atoms with E-state index in [1.54, 1.807) is 24.2 Å². The second kappa shape index (κ2) is 9.20. The number of pyridine rings is 1. The highest BCUT2D eigenvalue weighted by molar-refractivity contribution is 7.99. The molecule has 0 unspecified atom stereocenters. The summed E-state index contributed by atoms with van der Waals surface area (Å²) in [6.07, 6.45) is 6.02. The van der Waals surface area contributed by atoms with E-state index in [0.29, 0.717) is 13.0 Å². The van der Waals surface area contributed by atoms with Crippen LogP contribution in [-0.2, 0) is 11.3 Å². The number of benzene rings is 1. The van der Waals surface area contributed by atoms with Gasteiger partial charge in [-0.3, -0.25) is 9.78 Å². The number of carbonyl (C=O) groups is 1. The molecule has 2 heterocycles. The van der Waals surface area contributed by atoms with Crippen molar-refractivity contribution in [3.05, 3.63) is 66.6 Å². The second-order valence-corrected chi connectivity index (χ2v) is 7.14. The lowest BCUT2D eigenvalue weighted by atomic mass is 10.1. The fourth-order valence-corrected chi connectivity index (χ4v) is 3.21. The van der Waals surface area contributed by atoms with Crippen LogP contribution in [0.3, 0.4) is 0 Å². The molecule has 0 saturated carbocycles. The van der Waals surface area contributed by atoms with Crippen LogP contribution in [-0.4, -0.2) is 32.2 Å². The van der Waals surface area contributed by atoms with Crippen LogP contribution >= 0.6 is 11.8 Å². The summed E-state index contributed by atoms with van der Waals surface area (Å²) in [6.45, 7) is 2.56. The summed E-state index contributed by atoms with van der Waals surface area (Å²) in [5.74, 6) is 1.95. The first-order valence-corrected chi connectivity index (χ1v) is 9.82. The van der Waals surface area contributed by atoms with Gasteiger partial charge < -0.3 is 5.32 Å². The van der Waals surface area contributed by atoms with Crippen molar-refractivity contribution in [1.82, 2.24) is 20.1 Å². The van der Waals surface area contributed by atoms with Gasteiger partial charge in [0.2, 0.25) is 5.91 Å². The molecule has 3 rings (SSSR count). The molecule has 0 atom stereocenters. The van der Waals surface area contributed by atoms with Crippen LogP contribution in [0.25, 0.3) is 16.9 Å². The first-order valence-electron chi connectivity index (χ1n) is 8.66. The highest BCUT2D eigenvalue weighted by Crippen LogP contribution is 2.23. The van der Waals surface area contributed by atoms with E-state index in [1.165, 1.54) is 0 Å². The molecule has 0 saturated heterocycles. The van der Waals surface area contributed by atoms with E-state index in [2.05, 4.69) is 17.2 Å². The molecule has 0 aliphatic rings. The average molecular weight is 366 g/mol. The van der Waals surface area contributed by atoms with Crippen LogP contribution in [0.15, 0.2) is 61.1 Å². The molecule has 26 heavy (non-hydrogen) atoms. The molecule has 0 spiro atoms. The SMILES string of the molecule is CCSCCC(=O)NCc1cn(-c2ccccc2)nc1-c1ccncc1. The number of thioether (sulfide) groups is 1. The van der Waals surface area contributed by atoms with Gasteiger partial charge in [-0.1, -0.05) is 25.1 Å². The van der Waals surface area contributed by atoms with Gasteiger partial charge in [-0.05, 0) is 30.0 Å². The van der Waals surface area contributed by atoms with Crippen LogP contribution in [0.2, 0.25) is 0 Å². The van der Waals surface area contributed by atoms with Gasteiger partial charge in [0.15, 0.2) is 0 Å². The maximum atomic E-state index is 12.1. The number of aromatic nitrogens is 3. The van der Waals surface area contributed by atoms with Crippen molar-refractivity contribution in [3.63, 3.8) is 0 Å². The van der Waals surface area contributed by atoms with Crippen molar-refractivity contribution >= 4 is 17.7 Å². The molecule has 1 aromatic carbocycles. The standard InChI is InChI=1S/C20H22N4OS/c1-2-26-13-10-19(25)22-14-17-15-24(18-6-4-3-5-7-18)23-20(17)16-8-11-21-12-9-16/h3-9,11-12,15H,2,10,13-14H2,1H3,(H,22,25). The Bertz CT molecular complexity index is 834. The van der Waals surface area contributed by atoms with E-state index in [1.807, 2.05) is 53.3 Å². The normalized spacial score (nSPS) is 10.7. The third-order valence-electron chi connectivity index (χ3n) is 3.92. The van der Waals surface area contributed by atoms with Crippen LogP contribution in [0.5, 0.6) is 0 Å². The zero-order chi connectivity index (χ0) is 18.2. The van der Waals surface area contributed by atoms with E-state index >= 15 is 0 Å². The second-order valence-electron chi connectivity index (χ2n) is 5.74. The maximum Gasteiger partial charge on any atom is 0.221 e. The lowest BCUT2D eigenvalue weighted by Crippen LogP contribution is -2.23. The molecular formula is C20H22N4OS. The molecular weight excluding hydrogens is 344 g/mol. The van der Waals surface area contributed by atoms with E-state index in [4.69, 9.17) is 5.10 Å². The summed E-state index contributed by atoms with van der Waals surface area (Å²) >= 11 is 1.78. The Balaban J connectivity index is 1.81. The smallest absolute Gasteiger partial charge is 0.221 e. The van der Waals surface area contributed by atoms with Crippen molar-refractivity contribution in [2.45, 2.75) is 19.9 Å². The summed E-state index contributed by atoms with van der Waals surface area (Å²) in [5, 5.41) is 7.75. The lowest BCUT2D eigenvalue weighted by molar-refractivity contribution is -0.120. The van der Waals surface area contributed by atoms with Crippen molar-refractivity contribution < 1.29 is 4.79 Å². The van der Waals surface area contributed by atoms with Crippen molar-refractivity contribution in [3.8, 4) is 16.9 Å². The fraction of sp³-hybridized carbons (Fsp3) is 0.250. The highest BCUT2D eigenvalue weighted by Gasteiger charge is 2.13. The third-order valence-corrected chi connectivity index (χ3v) is 4.82. The molecule has 3 aromatic rings. The Kier molecular flexibility index (Phi) is 6.44. The number of hydrogen-bond acceptors (Lipinski definition) is 4. The van der Waals surface area contributed by atoms with E-state index in [0.717, 1.165) is 34.0 Å². The molecule has 6 heteroatoms. The molecule has 134 valence electrons. The number of carbonyl (C=O) groups excluding carboxylic acids is 1. The fourth-order valence-electron chi connectivity index (χ4n) is 2.60. The summed E-state index contributed by atoms with van der Waals surface area (Å²) in [5.41, 5.74) is 3.82. The van der Waals surface area contributed by atoms with Gasteiger partial charge in [0.05, 0.1) is 11.4 Å². The van der Waals surface area contributed by atoms with Crippen LogP contribution < -0.4 is 5.32 Å². The van der Waals surface area contributed by atoms with Gasteiger partial charge in [-0.15, -0.1) is 0 Å². The number of nitrogens with one attached hydrogen (secondary N) is 1. The van der Waals surface area contributed by atoms with Crippen LogP contribution in [0.4, 0.5) is 0 Å². The summed E-state index contributed by atoms with van der Waals surface area (Å²) < 4.78 is 1.85. The highest BCUT2D eigenvalue weighted by atomic mass is 32.2. The van der Waals surface area contributed by atoms with E-state index in [9.17, 15) is 4.79 Å². The van der Waals surface area contributed by atoms with Gasteiger partial charge >= 0.3 is 0 Å². The molecule has 5 nitrogen and oxygen atoms in total. The van der Waals surface area contributed by atoms with Gasteiger partial charge in [0.25, 0.3) is 0 Å². The zero-order valence-corrected chi connectivity index (χ0v) is 15.6. The Morgan fingerprint density at radius 3 is 2.65 bits per heavy atom. The molecule has 0 bridgehead atoms. The van der Waals surface area contributed by atoms with Crippen molar-refractivity contribution in [2.24, 2.45) is 0 Å². The minimum Gasteiger partial charge on any atom is -0.352 e. The Labute approximate surface area is 157 Å². The lowest BCUT2D eigenvalue weighted by Gasteiger charge is -2.05. The quantitative estimate of drug-likeness (QED) is 0.618. The molecule has 0 aliphatic heterocycles. The van der Waals surface area contributed by atoms with Gasteiger partial charge in [-0.25, -0.2) is 4.68 Å². The minimum absolute atomic E-state index is 0.0686. The topological polar surface area (TPSA) is 59.8 Å². The predicted molar refractivity (Wildman–Crippen MR) is 106 cm³/mol. The summed E-state index contributed by atoms with van der Waals surface area (Å²) in [4.78, 5) is 16.1. The molecule has 1 amide bonds. The van der Waals surface area contributed by atoms with E-state index < -0.39 is 0 Å². The van der Waals surface area contributed by atoms with Gasteiger partial charge in [-0.2, -0.15) is 16.9 Å². The maximum absolute atomic E-state index is 12.1. The van der Waals surface area contributed by atoms with Crippen LogP contribution in [0, 0.1) is 0 Å². The number of rotatable bonds is 8. The molecule has 0 aliphatic carbocycles. The zero-order valence-electron chi connectivity index (χ0n) is 14.8. The predicted octanol–water partition coefficient (Wildman–Crippen LogP) is 3.69. The van der Waals surface area contributed by atoms with Gasteiger partial charge in [0.1, 0.15) is 0 Å². The van der Waals surface area contributed by atoms with Gasteiger partial charge in [0, 0.05) is 48.4 Å². The van der Waals surface area contributed by atoms with E-state index in [-0.39, 0.29) is 5.91 Å². The molecule has 0 radical (unpaired) electrons. The largest absolute Gasteiger partial charge is 0.352 e. The number of nitrogens with zero attached hydrogens (tertiary/aromatic N) is 3. The van der Waals surface area contributed by atoms with Crippen LogP contribution in [0.1, 0.15) is 18.9 Å². The summed E-state index contributed by atoms with van der Waals surface area (Å²) in [7, 11) is 0. The van der Waals surface area contributed by atoms with Crippen molar-refractivity contribution in [1.29, 1.82) is 0 Å². The summed E-state index contributed by atoms with van der Waals surface area (Å²) in [6, 6.07) is 13.8. The first-order chi connectivity index (χ1) is 12.8. The number of amides is 1. The average Bonchev–Trinajstić information content (AvgIpc) is 3.12. The molecule has 0 fully saturated rings. The minimum atomic E-state index is 0.0686.